The van der Waals surface area contributed by atoms with Crippen molar-refractivity contribution in [1.29, 1.82) is 0 Å². The molecule has 0 aliphatic heterocycles. The molecule has 0 saturated heterocycles. The third-order valence-electron chi connectivity index (χ3n) is 4.09. The van der Waals surface area contributed by atoms with Crippen molar-refractivity contribution in [3.05, 3.63) is 42.1 Å². The fourth-order valence-corrected chi connectivity index (χ4v) is 3.26. The predicted molar refractivity (Wildman–Crippen MR) is 91.4 cm³/mol. The summed E-state index contributed by atoms with van der Waals surface area (Å²) < 4.78 is 0. The number of para-hydroxylation sites is 1. The molecule has 1 aliphatic carbocycles. The van der Waals surface area contributed by atoms with Crippen LogP contribution in [0.15, 0.2) is 36.5 Å². The van der Waals surface area contributed by atoms with Gasteiger partial charge in [0, 0.05) is 24.2 Å². The van der Waals surface area contributed by atoms with E-state index in [4.69, 9.17) is 12.2 Å². The molecule has 0 unspecified atom stereocenters. The summed E-state index contributed by atoms with van der Waals surface area (Å²) >= 11 is 5.36. The fraction of sp³-hybridized carbons (Fsp3) is 0.412. The van der Waals surface area contributed by atoms with Crippen LogP contribution in [-0.2, 0) is 6.42 Å². The summed E-state index contributed by atoms with van der Waals surface area (Å²) in [5.41, 5.74) is 2.36. The van der Waals surface area contributed by atoms with Crippen molar-refractivity contribution in [2.24, 2.45) is 0 Å². The lowest BCUT2D eigenvalue weighted by Gasteiger charge is -2.15. The molecule has 0 amide bonds. The van der Waals surface area contributed by atoms with E-state index in [2.05, 4.69) is 39.9 Å². The van der Waals surface area contributed by atoms with Gasteiger partial charge >= 0.3 is 0 Å². The summed E-state index contributed by atoms with van der Waals surface area (Å²) in [5.74, 6) is 0. The molecule has 1 aromatic carbocycles. The number of fused-ring (bicyclic) bond motifs is 1. The second-order valence-corrected chi connectivity index (χ2v) is 6.03. The van der Waals surface area contributed by atoms with Gasteiger partial charge in [-0.15, -0.1) is 0 Å². The number of pyridine rings is 1. The zero-order chi connectivity index (χ0) is 14.5. The Kier molecular flexibility index (Phi) is 4.65. The summed E-state index contributed by atoms with van der Waals surface area (Å²) in [6.45, 7) is 0.842. The number of hydrogen-bond acceptors (Lipinski definition) is 2. The Morgan fingerprint density at radius 2 is 2.00 bits per heavy atom. The molecule has 110 valence electrons. The maximum atomic E-state index is 5.36. The molecule has 1 aromatic heterocycles. The van der Waals surface area contributed by atoms with Crippen LogP contribution in [0, 0.1) is 0 Å². The van der Waals surface area contributed by atoms with Crippen LogP contribution < -0.4 is 10.6 Å². The van der Waals surface area contributed by atoms with E-state index in [0.29, 0.717) is 6.04 Å². The standard InChI is InChI=1S/C17H21N3S/c21-17(20-15-8-1-2-9-15)19-12-10-14-6-3-5-13-7-4-11-18-16(13)14/h3-7,11,15H,1-2,8-10,12H2,(H2,19,20,21). The summed E-state index contributed by atoms with van der Waals surface area (Å²) in [6, 6.07) is 11.0. The Bertz CT molecular complexity index is 615. The van der Waals surface area contributed by atoms with Crippen LogP contribution in [0.3, 0.4) is 0 Å². The zero-order valence-corrected chi connectivity index (χ0v) is 13.0. The molecule has 21 heavy (non-hydrogen) atoms. The second kappa shape index (κ2) is 6.85. The molecule has 1 heterocycles. The van der Waals surface area contributed by atoms with Crippen LogP contribution in [0.5, 0.6) is 0 Å². The average Bonchev–Trinajstić information content (AvgIpc) is 3.00. The highest BCUT2D eigenvalue weighted by atomic mass is 32.1. The van der Waals surface area contributed by atoms with Crippen molar-refractivity contribution >= 4 is 28.2 Å². The molecule has 1 saturated carbocycles. The quantitative estimate of drug-likeness (QED) is 0.850. The van der Waals surface area contributed by atoms with E-state index in [1.807, 2.05) is 12.3 Å². The maximum Gasteiger partial charge on any atom is 0.166 e. The average molecular weight is 299 g/mol. The molecule has 3 nitrogen and oxygen atoms in total. The summed E-state index contributed by atoms with van der Waals surface area (Å²) in [5, 5.41) is 8.71. The zero-order valence-electron chi connectivity index (χ0n) is 12.1. The first-order valence-corrected chi connectivity index (χ1v) is 8.11. The van der Waals surface area contributed by atoms with Crippen molar-refractivity contribution in [2.75, 3.05) is 6.54 Å². The lowest BCUT2D eigenvalue weighted by atomic mass is 10.1. The Labute approximate surface area is 131 Å². The summed E-state index contributed by atoms with van der Waals surface area (Å²) in [4.78, 5) is 4.49. The summed E-state index contributed by atoms with van der Waals surface area (Å²) in [6.07, 6.45) is 7.92. The van der Waals surface area contributed by atoms with Gasteiger partial charge in [-0.2, -0.15) is 0 Å². The van der Waals surface area contributed by atoms with Crippen molar-refractivity contribution in [1.82, 2.24) is 15.6 Å². The minimum absolute atomic E-state index is 0.573. The van der Waals surface area contributed by atoms with Crippen LogP contribution in [0.4, 0.5) is 0 Å². The van der Waals surface area contributed by atoms with Gasteiger partial charge in [-0.05, 0) is 43.1 Å². The number of rotatable bonds is 4. The van der Waals surface area contributed by atoms with Crippen LogP contribution in [0.25, 0.3) is 10.9 Å². The highest BCUT2D eigenvalue weighted by molar-refractivity contribution is 7.80. The largest absolute Gasteiger partial charge is 0.362 e. The first kappa shape index (κ1) is 14.3. The minimum atomic E-state index is 0.573. The maximum absolute atomic E-state index is 5.36. The highest BCUT2D eigenvalue weighted by Gasteiger charge is 2.15. The van der Waals surface area contributed by atoms with E-state index in [1.54, 1.807) is 0 Å². The van der Waals surface area contributed by atoms with Gasteiger partial charge in [-0.1, -0.05) is 37.1 Å². The van der Waals surface area contributed by atoms with Gasteiger partial charge < -0.3 is 10.6 Å². The van der Waals surface area contributed by atoms with Crippen molar-refractivity contribution in [3.63, 3.8) is 0 Å². The number of hydrogen-bond donors (Lipinski definition) is 2. The molecule has 0 spiro atoms. The van der Waals surface area contributed by atoms with Gasteiger partial charge in [0.25, 0.3) is 0 Å². The first-order chi connectivity index (χ1) is 10.3. The normalized spacial score (nSPS) is 15.2. The molecule has 0 atom stereocenters. The van der Waals surface area contributed by atoms with E-state index >= 15 is 0 Å². The van der Waals surface area contributed by atoms with Gasteiger partial charge in [0.05, 0.1) is 5.52 Å². The van der Waals surface area contributed by atoms with E-state index in [0.717, 1.165) is 23.6 Å². The smallest absolute Gasteiger partial charge is 0.166 e. The van der Waals surface area contributed by atoms with Crippen molar-refractivity contribution in [3.8, 4) is 0 Å². The molecular weight excluding hydrogens is 278 g/mol. The van der Waals surface area contributed by atoms with Crippen molar-refractivity contribution in [2.45, 2.75) is 38.1 Å². The van der Waals surface area contributed by atoms with E-state index in [-0.39, 0.29) is 0 Å². The molecule has 1 aliphatic rings. The Balaban J connectivity index is 1.53. The fourth-order valence-electron chi connectivity index (χ4n) is 2.99. The van der Waals surface area contributed by atoms with E-state index in [1.165, 1.54) is 36.6 Å². The second-order valence-electron chi connectivity index (χ2n) is 5.62. The molecular formula is C17H21N3S. The van der Waals surface area contributed by atoms with Gasteiger partial charge in [0.15, 0.2) is 5.11 Å². The topological polar surface area (TPSA) is 37.0 Å². The number of aromatic nitrogens is 1. The SMILES string of the molecule is S=C(NCCc1cccc2cccnc12)NC1CCCC1. The molecule has 2 aromatic rings. The number of nitrogens with one attached hydrogen (secondary N) is 2. The number of nitrogens with zero attached hydrogens (tertiary/aromatic N) is 1. The van der Waals surface area contributed by atoms with Crippen LogP contribution in [0.1, 0.15) is 31.2 Å². The molecule has 4 heteroatoms. The van der Waals surface area contributed by atoms with Crippen LogP contribution in [-0.4, -0.2) is 22.7 Å². The molecule has 1 fully saturated rings. The monoisotopic (exact) mass is 299 g/mol. The van der Waals surface area contributed by atoms with Gasteiger partial charge in [0.2, 0.25) is 0 Å². The lowest BCUT2D eigenvalue weighted by Crippen LogP contribution is -2.41. The van der Waals surface area contributed by atoms with Crippen LogP contribution in [0.2, 0.25) is 0 Å². The Hall–Kier alpha value is -1.68. The molecule has 3 rings (SSSR count). The Morgan fingerprint density at radius 1 is 1.19 bits per heavy atom. The Morgan fingerprint density at radius 3 is 2.86 bits per heavy atom. The molecule has 0 bridgehead atoms. The van der Waals surface area contributed by atoms with Gasteiger partial charge in [0.1, 0.15) is 0 Å². The number of benzene rings is 1. The third-order valence-corrected chi connectivity index (χ3v) is 4.35. The molecule has 2 N–H and O–H groups in total. The number of thiocarbonyl (C=S) groups is 1. The van der Waals surface area contributed by atoms with E-state index < -0.39 is 0 Å². The third kappa shape index (κ3) is 3.70. The summed E-state index contributed by atoms with van der Waals surface area (Å²) in [7, 11) is 0. The van der Waals surface area contributed by atoms with E-state index in [9.17, 15) is 0 Å². The lowest BCUT2D eigenvalue weighted by molar-refractivity contribution is 0.621. The van der Waals surface area contributed by atoms with Crippen molar-refractivity contribution < 1.29 is 0 Å². The first-order valence-electron chi connectivity index (χ1n) is 7.70. The van der Waals surface area contributed by atoms with Gasteiger partial charge in [-0.25, -0.2) is 0 Å². The van der Waals surface area contributed by atoms with Crippen LogP contribution >= 0.6 is 12.2 Å². The highest BCUT2D eigenvalue weighted by Crippen LogP contribution is 2.17. The minimum Gasteiger partial charge on any atom is -0.362 e. The predicted octanol–water partition coefficient (Wildman–Crippen LogP) is 3.18. The molecule has 0 radical (unpaired) electrons. The van der Waals surface area contributed by atoms with Gasteiger partial charge in [-0.3, -0.25) is 4.98 Å².